The molecule has 1 fully saturated rings. The molecule has 0 aliphatic carbocycles. The molecule has 2 amide bonds. The van der Waals surface area contributed by atoms with Gasteiger partial charge < -0.3 is 15.5 Å². The minimum Gasteiger partial charge on any atom is -0.339 e. The Morgan fingerprint density at radius 3 is 2.62 bits per heavy atom. The summed E-state index contributed by atoms with van der Waals surface area (Å²) in [4.78, 5) is 29.7. The number of pyridine rings is 1. The molecule has 0 radical (unpaired) electrons. The van der Waals surface area contributed by atoms with Crippen molar-refractivity contribution < 1.29 is 27.2 Å². The van der Waals surface area contributed by atoms with Crippen molar-refractivity contribution in [3.05, 3.63) is 53.7 Å². The van der Waals surface area contributed by atoms with Crippen LogP contribution in [-0.4, -0.2) is 57.7 Å². The minimum atomic E-state index is -4.71. The van der Waals surface area contributed by atoms with Gasteiger partial charge in [0.1, 0.15) is 23.7 Å². The molecule has 0 saturated carbocycles. The number of fused-ring (bicyclic) bond motifs is 1. The van der Waals surface area contributed by atoms with Crippen molar-refractivity contribution in [2.75, 3.05) is 31.5 Å². The lowest BCUT2D eigenvalue weighted by molar-refractivity contribution is -0.141. The fourth-order valence-corrected chi connectivity index (χ4v) is 3.33. The number of hydrogen-bond acceptors (Lipinski definition) is 5. The van der Waals surface area contributed by atoms with Gasteiger partial charge in [-0.3, -0.25) is 14.3 Å². The van der Waals surface area contributed by atoms with E-state index in [0.29, 0.717) is 31.6 Å². The van der Waals surface area contributed by atoms with E-state index >= 15 is 0 Å². The van der Waals surface area contributed by atoms with E-state index in [1.54, 1.807) is 4.90 Å². The van der Waals surface area contributed by atoms with Crippen LogP contribution >= 0.6 is 0 Å². The molecule has 0 bridgehead atoms. The number of hydrogen-bond donors (Lipinski definition) is 2. The Kier molecular flexibility index (Phi) is 5.78. The Labute approximate surface area is 179 Å². The Morgan fingerprint density at radius 2 is 1.91 bits per heavy atom. The molecule has 4 rings (SSSR count). The van der Waals surface area contributed by atoms with Crippen molar-refractivity contribution in [3.63, 3.8) is 0 Å². The highest BCUT2D eigenvalue weighted by Crippen LogP contribution is 2.28. The predicted octanol–water partition coefficient (Wildman–Crippen LogP) is 2.27. The fourth-order valence-electron chi connectivity index (χ4n) is 3.33. The number of carbonyl (C=O) groups excluding carboxylic acids is 2. The van der Waals surface area contributed by atoms with Crippen molar-refractivity contribution in [3.8, 4) is 0 Å². The number of nitrogens with zero attached hydrogens (tertiary/aromatic N) is 4. The van der Waals surface area contributed by atoms with E-state index in [-0.39, 0.29) is 23.7 Å². The highest BCUT2D eigenvalue weighted by molar-refractivity contribution is 6.04. The van der Waals surface area contributed by atoms with Crippen molar-refractivity contribution in [2.45, 2.75) is 12.7 Å². The van der Waals surface area contributed by atoms with Crippen LogP contribution in [0.2, 0.25) is 0 Å². The van der Waals surface area contributed by atoms with E-state index in [9.17, 15) is 27.2 Å². The first-order valence-electron chi connectivity index (χ1n) is 9.71. The summed E-state index contributed by atoms with van der Waals surface area (Å²) in [6, 6.07) is 5.26. The van der Waals surface area contributed by atoms with Gasteiger partial charge in [0.25, 0.3) is 5.91 Å². The summed E-state index contributed by atoms with van der Waals surface area (Å²) in [5, 5.41) is 10.0. The molecule has 1 saturated heterocycles. The Morgan fingerprint density at radius 1 is 1.16 bits per heavy atom. The van der Waals surface area contributed by atoms with Crippen molar-refractivity contribution in [1.82, 2.24) is 25.0 Å². The molecule has 168 valence electrons. The van der Waals surface area contributed by atoms with Gasteiger partial charge in [-0.25, -0.2) is 9.37 Å². The van der Waals surface area contributed by atoms with Gasteiger partial charge in [-0.2, -0.15) is 18.3 Å². The molecule has 2 aromatic heterocycles. The Hall–Kier alpha value is -3.54. The van der Waals surface area contributed by atoms with Gasteiger partial charge in [-0.05, 0) is 18.2 Å². The zero-order valence-electron chi connectivity index (χ0n) is 16.6. The lowest BCUT2D eigenvalue weighted by atomic mass is 10.2. The number of rotatable bonds is 4. The molecule has 0 spiro atoms. The van der Waals surface area contributed by atoms with Gasteiger partial charge in [0.2, 0.25) is 5.91 Å². The van der Waals surface area contributed by atoms with Crippen molar-refractivity contribution in [1.29, 1.82) is 0 Å². The fraction of sp³-hybridized carbons (Fsp3) is 0.300. The molecule has 8 nitrogen and oxygen atoms in total. The Bertz CT molecular complexity index is 1170. The van der Waals surface area contributed by atoms with E-state index in [1.165, 1.54) is 16.9 Å². The van der Waals surface area contributed by atoms with Crippen LogP contribution in [0.1, 0.15) is 16.2 Å². The average Bonchev–Trinajstić information content (AvgIpc) is 3.14. The van der Waals surface area contributed by atoms with Crippen LogP contribution in [0, 0.1) is 5.82 Å². The molecule has 12 heteroatoms. The summed E-state index contributed by atoms with van der Waals surface area (Å²) in [6.45, 7) is 2.58. The van der Waals surface area contributed by atoms with E-state index in [2.05, 4.69) is 20.7 Å². The van der Waals surface area contributed by atoms with Crippen molar-refractivity contribution in [2.24, 2.45) is 0 Å². The molecule has 1 aromatic carbocycles. The molecule has 0 atom stereocenters. The van der Waals surface area contributed by atoms with Crippen molar-refractivity contribution >= 4 is 28.4 Å². The maximum Gasteiger partial charge on any atom is 0.433 e. The lowest BCUT2D eigenvalue weighted by Crippen LogP contribution is -2.47. The summed E-state index contributed by atoms with van der Waals surface area (Å²) >= 11 is 0. The number of nitrogens with one attached hydrogen (secondary N) is 2. The van der Waals surface area contributed by atoms with Crippen LogP contribution in [0.25, 0.3) is 10.9 Å². The van der Waals surface area contributed by atoms with Crippen LogP contribution in [0.4, 0.5) is 23.2 Å². The maximum absolute atomic E-state index is 14.5. The van der Waals surface area contributed by atoms with Crippen LogP contribution in [0.5, 0.6) is 0 Å². The van der Waals surface area contributed by atoms with Gasteiger partial charge in [-0.15, -0.1) is 0 Å². The van der Waals surface area contributed by atoms with Crippen LogP contribution < -0.4 is 10.6 Å². The zero-order valence-corrected chi connectivity index (χ0v) is 16.6. The van der Waals surface area contributed by atoms with E-state index in [4.69, 9.17) is 0 Å². The van der Waals surface area contributed by atoms with Crippen LogP contribution in [0.15, 0.2) is 36.5 Å². The summed E-state index contributed by atoms with van der Waals surface area (Å²) in [5.74, 6) is -1.93. The summed E-state index contributed by atoms with van der Waals surface area (Å²) in [7, 11) is 0. The van der Waals surface area contributed by atoms with Gasteiger partial charge in [0, 0.05) is 43.8 Å². The van der Waals surface area contributed by atoms with E-state index < -0.39 is 29.3 Å². The number of alkyl halides is 3. The Balaban J connectivity index is 1.52. The third-order valence-electron chi connectivity index (χ3n) is 4.93. The molecule has 0 unspecified atom stereocenters. The smallest absolute Gasteiger partial charge is 0.339 e. The molecular formula is C20H18F4N6O2. The van der Waals surface area contributed by atoms with Gasteiger partial charge in [0.15, 0.2) is 0 Å². The number of benzene rings is 1. The zero-order chi connectivity index (χ0) is 22.9. The number of piperazine rings is 1. The molecular weight excluding hydrogens is 432 g/mol. The second-order valence-corrected chi connectivity index (χ2v) is 7.21. The third kappa shape index (κ3) is 4.69. The highest BCUT2D eigenvalue weighted by Gasteiger charge is 2.33. The first-order valence-corrected chi connectivity index (χ1v) is 9.71. The normalized spacial score (nSPS) is 14.6. The predicted molar refractivity (Wildman–Crippen MR) is 106 cm³/mol. The average molecular weight is 450 g/mol. The molecule has 3 heterocycles. The molecule has 2 N–H and O–H groups in total. The van der Waals surface area contributed by atoms with Crippen LogP contribution in [0.3, 0.4) is 0 Å². The molecule has 1 aliphatic heterocycles. The second-order valence-electron chi connectivity index (χ2n) is 7.21. The van der Waals surface area contributed by atoms with Gasteiger partial charge in [0.05, 0.1) is 11.2 Å². The number of halogens is 4. The topological polar surface area (TPSA) is 92.2 Å². The summed E-state index contributed by atoms with van der Waals surface area (Å²) < 4.78 is 54.3. The first kappa shape index (κ1) is 21.7. The third-order valence-corrected chi connectivity index (χ3v) is 4.93. The SMILES string of the molecule is O=C(Nc1cc2cn(CC(=O)N3CCNCC3)nc2cc1F)c1cccc(C(F)(F)F)n1. The number of carbonyl (C=O) groups is 2. The van der Waals surface area contributed by atoms with Crippen LogP contribution in [-0.2, 0) is 17.5 Å². The standard InChI is InChI=1S/C20H18F4N6O2/c21-13-9-15-12(10-30(28-15)11-18(31)29-6-4-25-5-7-29)8-16(13)27-19(32)14-2-1-3-17(26-14)20(22,23)24/h1-3,8-10,25H,4-7,11H2,(H,27,32). The molecule has 1 aliphatic rings. The molecule has 3 aromatic rings. The summed E-state index contributed by atoms with van der Waals surface area (Å²) in [5.41, 5.74) is -1.70. The lowest BCUT2D eigenvalue weighted by Gasteiger charge is -2.27. The number of anilines is 1. The van der Waals surface area contributed by atoms with Gasteiger partial charge >= 0.3 is 6.18 Å². The summed E-state index contributed by atoms with van der Waals surface area (Å²) in [6.07, 6.45) is -3.18. The monoisotopic (exact) mass is 450 g/mol. The van der Waals surface area contributed by atoms with Gasteiger partial charge in [-0.1, -0.05) is 6.07 Å². The molecule has 32 heavy (non-hydrogen) atoms. The van der Waals surface area contributed by atoms with E-state index in [1.807, 2.05) is 0 Å². The highest BCUT2D eigenvalue weighted by atomic mass is 19.4. The number of amides is 2. The quantitative estimate of drug-likeness (QED) is 0.595. The second kappa shape index (κ2) is 8.54. The van der Waals surface area contributed by atoms with E-state index in [0.717, 1.165) is 24.3 Å². The largest absolute Gasteiger partial charge is 0.433 e. The maximum atomic E-state index is 14.5. The number of aromatic nitrogens is 3. The minimum absolute atomic E-state index is 0.0217. The first-order chi connectivity index (χ1) is 15.2.